The lowest BCUT2D eigenvalue weighted by Crippen LogP contribution is -1.97. The average molecular weight is 317 g/mol. The van der Waals surface area contributed by atoms with E-state index in [0.29, 0.717) is 5.95 Å². The van der Waals surface area contributed by atoms with Gasteiger partial charge in [0.1, 0.15) is 15.6 Å². The van der Waals surface area contributed by atoms with E-state index < -0.39 is 0 Å². The van der Waals surface area contributed by atoms with Gasteiger partial charge < -0.3 is 10.1 Å². The van der Waals surface area contributed by atoms with Gasteiger partial charge >= 0.3 is 0 Å². The molecule has 1 N–H and O–H groups in total. The van der Waals surface area contributed by atoms with Crippen LogP contribution in [0, 0.1) is 6.92 Å². The highest BCUT2D eigenvalue weighted by molar-refractivity contribution is 7.99. The van der Waals surface area contributed by atoms with E-state index in [0.717, 1.165) is 25.9 Å². The zero-order valence-corrected chi connectivity index (χ0v) is 13.6. The number of methoxy groups -OCH3 is 1. The van der Waals surface area contributed by atoms with Crippen molar-refractivity contribution in [2.75, 3.05) is 19.5 Å². The second-order valence-corrected chi connectivity index (χ2v) is 6.70. The number of aromatic nitrogens is 2. The first-order chi connectivity index (χ1) is 10.2. The summed E-state index contributed by atoms with van der Waals surface area (Å²) in [6, 6.07) is 10.1. The number of thiophene rings is 1. The van der Waals surface area contributed by atoms with E-state index in [1.54, 1.807) is 30.2 Å². The zero-order chi connectivity index (χ0) is 14.8. The van der Waals surface area contributed by atoms with E-state index in [1.165, 1.54) is 4.88 Å². The summed E-state index contributed by atoms with van der Waals surface area (Å²) in [5, 5.41) is 5.06. The third-order valence-electron chi connectivity index (χ3n) is 2.98. The lowest BCUT2D eigenvalue weighted by atomic mass is 10.3. The molecule has 3 rings (SSSR count). The van der Waals surface area contributed by atoms with Crippen molar-refractivity contribution in [2.24, 2.45) is 0 Å². The first kappa shape index (κ1) is 14.2. The van der Waals surface area contributed by atoms with Gasteiger partial charge in [0.15, 0.2) is 0 Å². The molecule has 0 spiro atoms. The van der Waals surface area contributed by atoms with Crippen molar-refractivity contribution in [2.45, 2.75) is 16.8 Å². The average Bonchev–Trinajstić information content (AvgIpc) is 2.88. The van der Waals surface area contributed by atoms with E-state index in [1.807, 2.05) is 31.3 Å². The Bertz CT molecular complexity index is 786. The molecule has 0 unspecified atom stereocenters. The fourth-order valence-electron chi connectivity index (χ4n) is 2.01. The topological polar surface area (TPSA) is 47.0 Å². The maximum absolute atomic E-state index is 5.41. The number of nitrogens with one attached hydrogen (secondary N) is 1. The molecule has 0 amide bonds. The van der Waals surface area contributed by atoms with Crippen LogP contribution in [0.25, 0.3) is 10.2 Å². The largest absolute Gasteiger partial charge is 0.496 e. The third-order valence-corrected chi connectivity index (χ3v) is 4.99. The minimum atomic E-state index is 0.641. The molecule has 0 aliphatic rings. The molecule has 108 valence electrons. The van der Waals surface area contributed by atoms with E-state index in [2.05, 4.69) is 28.3 Å². The Balaban J connectivity index is 2.10. The number of hydrogen-bond acceptors (Lipinski definition) is 6. The van der Waals surface area contributed by atoms with Crippen molar-refractivity contribution in [1.82, 2.24) is 9.97 Å². The second-order valence-electron chi connectivity index (χ2n) is 4.43. The van der Waals surface area contributed by atoms with Crippen LogP contribution in [0.3, 0.4) is 0 Å². The number of hydrogen-bond donors (Lipinski definition) is 1. The number of para-hydroxylation sites is 1. The van der Waals surface area contributed by atoms with Crippen LogP contribution in [0.1, 0.15) is 4.88 Å². The van der Waals surface area contributed by atoms with E-state index >= 15 is 0 Å². The summed E-state index contributed by atoms with van der Waals surface area (Å²) in [6.07, 6.45) is 0. The van der Waals surface area contributed by atoms with Crippen LogP contribution in [0.2, 0.25) is 0 Å². The highest BCUT2D eigenvalue weighted by Crippen LogP contribution is 2.39. The summed E-state index contributed by atoms with van der Waals surface area (Å²) in [5.74, 6) is 1.49. The predicted molar refractivity (Wildman–Crippen MR) is 88.8 cm³/mol. The SMILES string of the molecule is CNc1nc(Sc2ccccc2OC)c2cc(C)sc2n1. The standard InChI is InChI=1S/C15H15N3OS2/c1-9-8-10-13(20-9)17-15(16-2)18-14(10)21-12-7-5-4-6-11(12)19-3/h4-8H,1-3H3,(H,16,17,18). The number of ether oxygens (including phenoxy) is 1. The summed E-state index contributed by atoms with van der Waals surface area (Å²) in [6.45, 7) is 2.09. The first-order valence-corrected chi connectivity index (χ1v) is 8.11. The van der Waals surface area contributed by atoms with Crippen LogP contribution in [0.5, 0.6) is 5.75 Å². The molecular formula is C15H15N3OS2. The Hall–Kier alpha value is -1.79. The third kappa shape index (κ3) is 2.82. The van der Waals surface area contributed by atoms with Crippen LogP contribution in [0.15, 0.2) is 40.3 Å². The van der Waals surface area contributed by atoms with Gasteiger partial charge in [-0.2, -0.15) is 0 Å². The van der Waals surface area contributed by atoms with Crippen molar-refractivity contribution in [3.05, 3.63) is 35.2 Å². The van der Waals surface area contributed by atoms with Crippen molar-refractivity contribution < 1.29 is 4.74 Å². The maximum atomic E-state index is 5.41. The lowest BCUT2D eigenvalue weighted by Gasteiger charge is -2.08. The van der Waals surface area contributed by atoms with Crippen LogP contribution >= 0.6 is 23.1 Å². The van der Waals surface area contributed by atoms with Gasteiger partial charge in [-0.3, -0.25) is 0 Å². The van der Waals surface area contributed by atoms with Gasteiger partial charge in [0.2, 0.25) is 5.95 Å². The molecule has 0 aliphatic heterocycles. The van der Waals surface area contributed by atoms with Crippen molar-refractivity contribution in [3.63, 3.8) is 0 Å². The van der Waals surface area contributed by atoms with Crippen molar-refractivity contribution in [1.29, 1.82) is 0 Å². The summed E-state index contributed by atoms with van der Waals surface area (Å²) in [7, 11) is 3.52. The summed E-state index contributed by atoms with van der Waals surface area (Å²) < 4.78 is 5.41. The molecule has 21 heavy (non-hydrogen) atoms. The minimum Gasteiger partial charge on any atom is -0.496 e. The van der Waals surface area contributed by atoms with Gasteiger partial charge in [-0.05, 0) is 25.1 Å². The molecule has 0 aliphatic carbocycles. The molecule has 0 bridgehead atoms. The highest BCUT2D eigenvalue weighted by Gasteiger charge is 2.13. The van der Waals surface area contributed by atoms with Crippen LogP contribution < -0.4 is 10.1 Å². The molecule has 0 radical (unpaired) electrons. The molecule has 1 aromatic carbocycles. The van der Waals surface area contributed by atoms with Crippen LogP contribution in [-0.4, -0.2) is 24.1 Å². The molecule has 0 saturated carbocycles. The van der Waals surface area contributed by atoms with E-state index in [4.69, 9.17) is 4.74 Å². The number of fused-ring (bicyclic) bond motifs is 1. The Labute approximate surface area is 131 Å². The van der Waals surface area contributed by atoms with E-state index in [-0.39, 0.29) is 0 Å². The maximum Gasteiger partial charge on any atom is 0.224 e. The minimum absolute atomic E-state index is 0.641. The Morgan fingerprint density at radius 3 is 2.81 bits per heavy atom. The summed E-state index contributed by atoms with van der Waals surface area (Å²) in [5.41, 5.74) is 0. The number of benzene rings is 1. The van der Waals surface area contributed by atoms with Crippen molar-refractivity contribution in [3.8, 4) is 5.75 Å². The van der Waals surface area contributed by atoms with Crippen molar-refractivity contribution >= 4 is 39.3 Å². The van der Waals surface area contributed by atoms with Gasteiger partial charge in [0.25, 0.3) is 0 Å². The molecule has 0 fully saturated rings. The number of aryl methyl sites for hydroxylation is 1. The molecular weight excluding hydrogens is 302 g/mol. The molecule has 4 nitrogen and oxygen atoms in total. The van der Waals surface area contributed by atoms with Gasteiger partial charge in [0, 0.05) is 17.3 Å². The Morgan fingerprint density at radius 1 is 1.24 bits per heavy atom. The van der Waals surface area contributed by atoms with Crippen LogP contribution in [-0.2, 0) is 0 Å². The fraction of sp³-hybridized carbons (Fsp3) is 0.200. The molecule has 0 saturated heterocycles. The molecule has 3 aromatic rings. The van der Waals surface area contributed by atoms with E-state index in [9.17, 15) is 0 Å². The fourth-order valence-corrected chi connectivity index (χ4v) is 3.96. The Morgan fingerprint density at radius 2 is 2.05 bits per heavy atom. The molecule has 6 heteroatoms. The van der Waals surface area contributed by atoms with Gasteiger partial charge in [-0.25, -0.2) is 9.97 Å². The highest BCUT2D eigenvalue weighted by atomic mass is 32.2. The molecule has 0 atom stereocenters. The number of anilines is 1. The number of nitrogens with zero attached hydrogens (tertiary/aromatic N) is 2. The van der Waals surface area contributed by atoms with Crippen LogP contribution in [0.4, 0.5) is 5.95 Å². The van der Waals surface area contributed by atoms with Gasteiger partial charge in [0.05, 0.1) is 12.0 Å². The second kappa shape index (κ2) is 5.91. The predicted octanol–water partition coefficient (Wildman–Crippen LogP) is 4.20. The number of rotatable bonds is 4. The molecule has 2 aromatic heterocycles. The molecule has 2 heterocycles. The first-order valence-electron chi connectivity index (χ1n) is 6.48. The smallest absolute Gasteiger partial charge is 0.224 e. The monoisotopic (exact) mass is 317 g/mol. The van der Waals surface area contributed by atoms with Gasteiger partial charge in [-0.1, -0.05) is 23.9 Å². The summed E-state index contributed by atoms with van der Waals surface area (Å²) >= 11 is 3.28. The quantitative estimate of drug-likeness (QED) is 0.731. The van der Waals surface area contributed by atoms with Gasteiger partial charge in [-0.15, -0.1) is 11.3 Å². The zero-order valence-electron chi connectivity index (χ0n) is 12.0. The normalized spacial score (nSPS) is 10.8. The Kier molecular flexibility index (Phi) is 3.98. The lowest BCUT2D eigenvalue weighted by molar-refractivity contribution is 0.405. The summed E-state index contributed by atoms with van der Waals surface area (Å²) in [4.78, 5) is 12.4.